The van der Waals surface area contributed by atoms with Gasteiger partial charge >= 0.3 is 0 Å². The summed E-state index contributed by atoms with van der Waals surface area (Å²) in [7, 11) is 0. The van der Waals surface area contributed by atoms with Crippen LogP contribution in [-0.4, -0.2) is 52.4 Å². The van der Waals surface area contributed by atoms with E-state index >= 15 is 0 Å². The molecule has 0 atom stereocenters. The Morgan fingerprint density at radius 2 is 1.63 bits per heavy atom. The van der Waals surface area contributed by atoms with Gasteiger partial charge in [-0.15, -0.1) is 10.2 Å². The molecule has 1 fully saturated rings. The molecule has 0 amide bonds. The zero-order valence-electron chi connectivity index (χ0n) is 15.3. The number of piperazine rings is 1. The fourth-order valence-corrected chi connectivity index (χ4v) is 3.87. The number of nitrogens with zero attached hydrogens (tertiary/aromatic N) is 5. The van der Waals surface area contributed by atoms with Crippen LogP contribution in [0.3, 0.4) is 0 Å². The van der Waals surface area contributed by atoms with Crippen molar-refractivity contribution < 1.29 is 0 Å². The highest BCUT2D eigenvalue weighted by atomic mass is 35.5. The average molecular weight is 382 g/mol. The van der Waals surface area contributed by atoms with E-state index in [1.165, 1.54) is 0 Å². The van der Waals surface area contributed by atoms with Crippen LogP contribution in [0.15, 0.2) is 60.9 Å². The molecule has 1 saturated heterocycles. The fraction of sp³-hybridized carbons (Fsp3) is 0.333. The molecule has 0 spiro atoms. The summed E-state index contributed by atoms with van der Waals surface area (Å²) in [5.41, 5.74) is 2.26. The van der Waals surface area contributed by atoms with Gasteiger partial charge in [-0.3, -0.25) is 9.47 Å². The van der Waals surface area contributed by atoms with E-state index < -0.39 is 0 Å². The van der Waals surface area contributed by atoms with Gasteiger partial charge in [-0.1, -0.05) is 41.9 Å². The Balaban J connectivity index is 1.27. The highest BCUT2D eigenvalue weighted by Gasteiger charge is 2.18. The van der Waals surface area contributed by atoms with Crippen LogP contribution in [0.5, 0.6) is 0 Å². The van der Waals surface area contributed by atoms with Gasteiger partial charge in [-0.05, 0) is 37.2 Å². The SMILES string of the molecule is Clc1ccccc1N1CCN(CCCc2nncn2-c2ccccc2)CC1. The van der Waals surface area contributed by atoms with Gasteiger partial charge in [0.1, 0.15) is 12.2 Å². The number of benzene rings is 2. The van der Waals surface area contributed by atoms with Crippen molar-refractivity contribution in [1.82, 2.24) is 19.7 Å². The second-order valence-corrected chi connectivity index (χ2v) is 7.24. The van der Waals surface area contributed by atoms with Gasteiger partial charge in [-0.2, -0.15) is 0 Å². The maximum absolute atomic E-state index is 6.33. The largest absolute Gasteiger partial charge is 0.368 e. The van der Waals surface area contributed by atoms with Crippen LogP contribution in [-0.2, 0) is 6.42 Å². The van der Waals surface area contributed by atoms with E-state index in [2.05, 4.69) is 48.8 Å². The van der Waals surface area contributed by atoms with Crippen LogP contribution in [0, 0.1) is 0 Å². The summed E-state index contributed by atoms with van der Waals surface area (Å²) < 4.78 is 2.08. The molecule has 0 bridgehead atoms. The first-order chi connectivity index (χ1) is 13.3. The van der Waals surface area contributed by atoms with Gasteiger partial charge in [0.25, 0.3) is 0 Å². The predicted molar refractivity (Wildman–Crippen MR) is 110 cm³/mol. The number of hydrogen-bond donors (Lipinski definition) is 0. The Hall–Kier alpha value is -2.37. The topological polar surface area (TPSA) is 37.2 Å². The number of anilines is 1. The zero-order valence-corrected chi connectivity index (χ0v) is 16.1. The van der Waals surface area contributed by atoms with E-state index in [1.807, 2.05) is 30.3 Å². The fourth-order valence-electron chi connectivity index (χ4n) is 3.62. The molecule has 140 valence electrons. The van der Waals surface area contributed by atoms with Crippen molar-refractivity contribution in [2.24, 2.45) is 0 Å². The van der Waals surface area contributed by atoms with E-state index in [4.69, 9.17) is 11.6 Å². The predicted octanol–water partition coefficient (Wildman–Crippen LogP) is 3.68. The summed E-state index contributed by atoms with van der Waals surface area (Å²) in [5, 5.41) is 9.24. The van der Waals surface area contributed by atoms with Crippen LogP contribution in [0.25, 0.3) is 5.69 Å². The number of aromatic nitrogens is 3. The van der Waals surface area contributed by atoms with Gasteiger partial charge < -0.3 is 4.90 Å². The number of rotatable bonds is 6. The molecule has 0 radical (unpaired) electrons. The second-order valence-electron chi connectivity index (χ2n) is 6.84. The molecular formula is C21H24ClN5. The highest BCUT2D eigenvalue weighted by Crippen LogP contribution is 2.26. The van der Waals surface area contributed by atoms with Crippen LogP contribution in [0.1, 0.15) is 12.2 Å². The maximum atomic E-state index is 6.33. The van der Waals surface area contributed by atoms with Gasteiger partial charge in [0.2, 0.25) is 0 Å². The Kier molecular flexibility index (Phi) is 5.70. The zero-order chi connectivity index (χ0) is 18.5. The van der Waals surface area contributed by atoms with Crippen LogP contribution in [0.2, 0.25) is 5.02 Å². The lowest BCUT2D eigenvalue weighted by Gasteiger charge is -2.36. The standard InChI is InChI=1S/C21H24ClN5/c22-19-9-4-5-10-20(19)26-15-13-25(14-16-26)12-6-11-21-24-23-17-27(21)18-7-2-1-3-8-18/h1-5,7-10,17H,6,11-16H2. The van der Waals surface area contributed by atoms with E-state index in [9.17, 15) is 0 Å². The first kappa shape index (κ1) is 18.0. The number of hydrogen-bond acceptors (Lipinski definition) is 4. The van der Waals surface area contributed by atoms with Crippen molar-refractivity contribution in [3.8, 4) is 5.69 Å². The van der Waals surface area contributed by atoms with Gasteiger partial charge in [0, 0.05) is 38.3 Å². The molecule has 0 N–H and O–H groups in total. The molecule has 0 unspecified atom stereocenters. The van der Waals surface area contributed by atoms with Crippen molar-refractivity contribution >= 4 is 17.3 Å². The van der Waals surface area contributed by atoms with E-state index in [-0.39, 0.29) is 0 Å². The van der Waals surface area contributed by atoms with E-state index in [0.717, 1.165) is 67.8 Å². The lowest BCUT2D eigenvalue weighted by Crippen LogP contribution is -2.46. The quantitative estimate of drug-likeness (QED) is 0.652. The lowest BCUT2D eigenvalue weighted by atomic mass is 10.2. The van der Waals surface area contributed by atoms with Crippen LogP contribution < -0.4 is 4.90 Å². The Labute approximate surface area is 165 Å². The third-order valence-electron chi connectivity index (χ3n) is 5.09. The summed E-state index contributed by atoms with van der Waals surface area (Å²) in [5.74, 6) is 1.02. The summed E-state index contributed by atoms with van der Waals surface area (Å²) in [6.45, 7) is 5.25. The number of para-hydroxylation sites is 2. The molecule has 5 nitrogen and oxygen atoms in total. The molecule has 3 aromatic rings. The molecule has 0 aliphatic carbocycles. The number of halogens is 1. The monoisotopic (exact) mass is 381 g/mol. The minimum atomic E-state index is 0.839. The third kappa shape index (κ3) is 4.31. The lowest BCUT2D eigenvalue weighted by molar-refractivity contribution is 0.254. The van der Waals surface area contributed by atoms with Crippen molar-refractivity contribution in [2.45, 2.75) is 12.8 Å². The smallest absolute Gasteiger partial charge is 0.137 e. The van der Waals surface area contributed by atoms with Crippen molar-refractivity contribution in [1.29, 1.82) is 0 Å². The molecule has 2 aromatic carbocycles. The molecule has 6 heteroatoms. The minimum Gasteiger partial charge on any atom is -0.368 e. The molecular weight excluding hydrogens is 358 g/mol. The Bertz CT molecular complexity index is 856. The molecule has 0 saturated carbocycles. The Morgan fingerprint density at radius 1 is 0.889 bits per heavy atom. The Morgan fingerprint density at radius 3 is 2.41 bits per heavy atom. The third-order valence-corrected chi connectivity index (χ3v) is 5.41. The van der Waals surface area contributed by atoms with Crippen LogP contribution in [0.4, 0.5) is 5.69 Å². The van der Waals surface area contributed by atoms with Gasteiger partial charge in [-0.25, -0.2) is 0 Å². The van der Waals surface area contributed by atoms with Crippen molar-refractivity contribution in [2.75, 3.05) is 37.6 Å². The molecule has 1 aliphatic heterocycles. The first-order valence-electron chi connectivity index (χ1n) is 9.47. The first-order valence-corrected chi connectivity index (χ1v) is 9.85. The molecule has 4 rings (SSSR count). The minimum absolute atomic E-state index is 0.839. The van der Waals surface area contributed by atoms with Gasteiger partial charge in [0.15, 0.2) is 0 Å². The van der Waals surface area contributed by atoms with Crippen molar-refractivity contribution in [3.63, 3.8) is 0 Å². The van der Waals surface area contributed by atoms with Gasteiger partial charge in [0.05, 0.1) is 10.7 Å². The summed E-state index contributed by atoms with van der Waals surface area (Å²) in [6, 6.07) is 18.4. The normalized spacial score (nSPS) is 15.2. The molecule has 2 heterocycles. The maximum Gasteiger partial charge on any atom is 0.137 e. The summed E-state index contributed by atoms with van der Waals surface area (Å²) in [4.78, 5) is 4.90. The average Bonchev–Trinajstić information content (AvgIpc) is 3.18. The molecule has 27 heavy (non-hydrogen) atoms. The summed E-state index contributed by atoms with van der Waals surface area (Å²) >= 11 is 6.33. The molecule has 1 aromatic heterocycles. The highest BCUT2D eigenvalue weighted by molar-refractivity contribution is 6.33. The van der Waals surface area contributed by atoms with Crippen molar-refractivity contribution in [3.05, 3.63) is 71.8 Å². The van der Waals surface area contributed by atoms with E-state index in [1.54, 1.807) is 6.33 Å². The second kappa shape index (κ2) is 8.55. The summed E-state index contributed by atoms with van der Waals surface area (Å²) in [6.07, 6.45) is 3.81. The van der Waals surface area contributed by atoms with E-state index in [0.29, 0.717) is 0 Å². The number of aryl methyl sites for hydroxylation is 1. The molecule has 1 aliphatic rings. The van der Waals surface area contributed by atoms with Crippen LogP contribution >= 0.6 is 11.6 Å².